The third-order valence-electron chi connectivity index (χ3n) is 2.76. The maximum absolute atomic E-state index is 11.4. The zero-order valence-electron chi connectivity index (χ0n) is 10.8. The van der Waals surface area contributed by atoms with E-state index in [2.05, 4.69) is 15.6 Å². The van der Waals surface area contributed by atoms with E-state index in [9.17, 15) is 9.59 Å². The van der Waals surface area contributed by atoms with Crippen molar-refractivity contribution in [3.8, 4) is 0 Å². The second kappa shape index (κ2) is 6.19. The highest BCUT2D eigenvalue weighted by Crippen LogP contribution is 2.12. The third kappa shape index (κ3) is 3.69. The van der Waals surface area contributed by atoms with Crippen molar-refractivity contribution in [2.24, 2.45) is 0 Å². The first-order chi connectivity index (χ1) is 9.19. The molecule has 0 saturated heterocycles. The largest absolute Gasteiger partial charge is 0.417 e. The lowest BCUT2D eigenvalue weighted by atomic mass is 10.1. The van der Waals surface area contributed by atoms with Crippen LogP contribution in [0.3, 0.4) is 0 Å². The smallest absolute Gasteiger partial charge is 0.408 e. The van der Waals surface area contributed by atoms with E-state index >= 15 is 0 Å². The van der Waals surface area contributed by atoms with E-state index in [0.717, 1.165) is 12.1 Å². The molecule has 0 unspecified atom stereocenters. The Morgan fingerprint density at radius 2 is 2.26 bits per heavy atom. The van der Waals surface area contributed by atoms with Crippen LogP contribution in [-0.4, -0.2) is 30.5 Å². The number of H-pyrrole nitrogens is 1. The van der Waals surface area contributed by atoms with Crippen molar-refractivity contribution in [2.75, 3.05) is 19.6 Å². The summed E-state index contributed by atoms with van der Waals surface area (Å²) in [5.41, 5.74) is 2.24. The average Bonchev–Trinajstić information content (AvgIpc) is 2.75. The van der Waals surface area contributed by atoms with Gasteiger partial charge in [0.25, 0.3) is 0 Å². The van der Waals surface area contributed by atoms with Crippen LogP contribution in [0.15, 0.2) is 27.4 Å². The van der Waals surface area contributed by atoms with E-state index < -0.39 is 5.76 Å². The number of aromatic amines is 1. The summed E-state index contributed by atoms with van der Waals surface area (Å²) in [5.74, 6) is -0.470. The number of fused-ring (bicyclic) bond motifs is 1. The van der Waals surface area contributed by atoms with E-state index in [1.807, 2.05) is 19.1 Å². The number of carbonyl (C=O) groups is 1. The molecule has 0 bridgehead atoms. The Balaban J connectivity index is 1.87. The molecular weight excluding hydrogens is 246 g/mol. The average molecular weight is 263 g/mol. The molecule has 1 aromatic carbocycles. The van der Waals surface area contributed by atoms with Gasteiger partial charge in [-0.25, -0.2) is 4.79 Å². The summed E-state index contributed by atoms with van der Waals surface area (Å²) in [5, 5.41) is 5.78. The van der Waals surface area contributed by atoms with Crippen LogP contribution >= 0.6 is 0 Å². The van der Waals surface area contributed by atoms with E-state index in [1.54, 1.807) is 6.07 Å². The highest BCUT2D eigenvalue weighted by molar-refractivity contribution is 5.78. The van der Waals surface area contributed by atoms with Gasteiger partial charge in [0.2, 0.25) is 5.91 Å². The molecule has 6 nitrogen and oxygen atoms in total. The molecular formula is C13H17N3O3. The molecule has 0 spiro atoms. The van der Waals surface area contributed by atoms with E-state index in [-0.39, 0.29) is 5.91 Å². The lowest BCUT2D eigenvalue weighted by Gasteiger charge is -2.05. The predicted octanol–water partition coefficient (Wildman–Crippen LogP) is 0.389. The van der Waals surface area contributed by atoms with Gasteiger partial charge in [-0.05, 0) is 30.7 Å². The van der Waals surface area contributed by atoms with Gasteiger partial charge in [-0.2, -0.15) is 0 Å². The van der Waals surface area contributed by atoms with Gasteiger partial charge in [-0.3, -0.25) is 9.78 Å². The quantitative estimate of drug-likeness (QED) is 0.703. The normalized spacial score (nSPS) is 10.8. The molecule has 0 aliphatic carbocycles. The third-order valence-corrected chi connectivity index (χ3v) is 2.76. The first-order valence-corrected chi connectivity index (χ1v) is 6.28. The SMILES string of the molecule is CCNCC(=O)NCCc1ccc2[nH]c(=O)oc2c1. The van der Waals surface area contributed by atoms with Crippen LogP contribution in [0.2, 0.25) is 0 Å². The Kier molecular flexibility index (Phi) is 4.35. The maximum Gasteiger partial charge on any atom is 0.417 e. The molecule has 102 valence electrons. The van der Waals surface area contributed by atoms with Gasteiger partial charge < -0.3 is 15.1 Å². The van der Waals surface area contributed by atoms with Crippen LogP contribution < -0.4 is 16.4 Å². The monoisotopic (exact) mass is 263 g/mol. The van der Waals surface area contributed by atoms with Crippen molar-refractivity contribution in [3.63, 3.8) is 0 Å². The number of hydrogen-bond donors (Lipinski definition) is 3. The molecule has 0 saturated carbocycles. The molecule has 0 aliphatic heterocycles. The van der Waals surface area contributed by atoms with Gasteiger partial charge in [0, 0.05) is 6.54 Å². The number of rotatable bonds is 6. The second-order valence-corrected chi connectivity index (χ2v) is 4.23. The number of nitrogens with one attached hydrogen (secondary N) is 3. The van der Waals surface area contributed by atoms with Gasteiger partial charge in [0.05, 0.1) is 12.1 Å². The van der Waals surface area contributed by atoms with Crippen LogP contribution in [0.25, 0.3) is 11.1 Å². The minimum atomic E-state index is -0.453. The van der Waals surface area contributed by atoms with Crippen molar-refractivity contribution in [2.45, 2.75) is 13.3 Å². The molecule has 19 heavy (non-hydrogen) atoms. The first kappa shape index (κ1) is 13.4. The molecule has 3 N–H and O–H groups in total. The fourth-order valence-electron chi connectivity index (χ4n) is 1.79. The molecule has 0 fully saturated rings. The number of aromatic nitrogens is 1. The fourth-order valence-corrected chi connectivity index (χ4v) is 1.79. The van der Waals surface area contributed by atoms with Crippen LogP contribution in [-0.2, 0) is 11.2 Å². The molecule has 2 rings (SSSR count). The zero-order valence-corrected chi connectivity index (χ0v) is 10.8. The van der Waals surface area contributed by atoms with Gasteiger partial charge >= 0.3 is 5.76 Å². The maximum atomic E-state index is 11.4. The van der Waals surface area contributed by atoms with E-state index in [4.69, 9.17) is 4.42 Å². The summed E-state index contributed by atoms with van der Waals surface area (Å²) in [6.07, 6.45) is 0.697. The van der Waals surface area contributed by atoms with Crippen LogP contribution in [0, 0.1) is 0 Å². The molecule has 2 aromatic rings. The minimum Gasteiger partial charge on any atom is -0.408 e. The highest BCUT2D eigenvalue weighted by atomic mass is 16.4. The zero-order chi connectivity index (χ0) is 13.7. The van der Waals surface area contributed by atoms with E-state index in [1.165, 1.54) is 0 Å². The number of likely N-dealkylation sites (N-methyl/N-ethyl adjacent to an activating group) is 1. The lowest BCUT2D eigenvalue weighted by Crippen LogP contribution is -2.34. The standard InChI is InChI=1S/C13H17N3O3/c1-2-14-8-12(17)15-6-5-9-3-4-10-11(7-9)19-13(18)16-10/h3-4,7,14H,2,5-6,8H2,1H3,(H,15,17)(H,16,18). The molecule has 6 heteroatoms. The van der Waals surface area contributed by atoms with Gasteiger partial charge in [-0.15, -0.1) is 0 Å². The van der Waals surface area contributed by atoms with Crippen LogP contribution in [0.4, 0.5) is 0 Å². The Hall–Kier alpha value is -2.08. The van der Waals surface area contributed by atoms with Crippen molar-refractivity contribution in [1.82, 2.24) is 15.6 Å². The molecule has 1 amide bonds. The molecule has 0 radical (unpaired) electrons. The van der Waals surface area contributed by atoms with Gasteiger partial charge in [-0.1, -0.05) is 13.0 Å². The highest BCUT2D eigenvalue weighted by Gasteiger charge is 2.03. The van der Waals surface area contributed by atoms with Crippen molar-refractivity contribution < 1.29 is 9.21 Å². The van der Waals surface area contributed by atoms with Crippen molar-refractivity contribution in [3.05, 3.63) is 34.3 Å². The van der Waals surface area contributed by atoms with Gasteiger partial charge in [0.15, 0.2) is 5.58 Å². The number of hydrogen-bond acceptors (Lipinski definition) is 4. The Bertz CT molecular complexity index is 615. The lowest BCUT2D eigenvalue weighted by molar-refractivity contribution is -0.120. The predicted molar refractivity (Wildman–Crippen MR) is 72.1 cm³/mol. The Morgan fingerprint density at radius 3 is 3.05 bits per heavy atom. The summed E-state index contributed by atoms with van der Waals surface area (Å²) in [6, 6.07) is 5.52. The number of oxazole rings is 1. The Morgan fingerprint density at radius 1 is 1.42 bits per heavy atom. The number of carbonyl (C=O) groups excluding carboxylic acids is 1. The summed E-state index contributed by atoms with van der Waals surface area (Å²) in [4.78, 5) is 25.0. The van der Waals surface area contributed by atoms with Gasteiger partial charge in [0.1, 0.15) is 0 Å². The molecule has 1 aromatic heterocycles. The Labute approximate surface area is 110 Å². The summed E-state index contributed by atoms with van der Waals surface area (Å²) < 4.78 is 4.98. The fraction of sp³-hybridized carbons (Fsp3) is 0.385. The molecule has 1 heterocycles. The topological polar surface area (TPSA) is 87.1 Å². The summed E-state index contributed by atoms with van der Waals surface area (Å²) in [7, 11) is 0. The number of amides is 1. The van der Waals surface area contributed by atoms with E-state index in [0.29, 0.717) is 30.6 Å². The van der Waals surface area contributed by atoms with Crippen molar-refractivity contribution in [1.29, 1.82) is 0 Å². The summed E-state index contributed by atoms with van der Waals surface area (Å²) in [6.45, 7) is 3.62. The second-order valence-electron chi connectivity index (χ2n) is 4.23. The molecule has 0 atom stereocenters. The van der Waals surface area contributed by atoms with Crippen molar-refractivity contribution >= 4 is 17.0 Å². The minimum absolute atomic E-state index is 0.0175. The first-order valence-electron chi connectivity index (χ1n) is 6.28. The summed E-state index contributed by atoms with van der Waals surface area (Å²) >= 11 is 0. The van der Waals surface area contributed by atoms with Crippen LogP contribution in [0.1, 0.15) is 12.5 Å². The number of benzene rings is 1. The molecule has 0 aliphatic rings. The van der Waals surface area contributed by atoms with Crippen LogP contribution in [0.5, 0.6) is 0 Å².